The van der Waals surface area contributed by atoms with Gasteiger partial charge < -0.3 is 5.32 Å². The molecule has 1 N–H and O–H groups in total. The molecule has 15 heavy (non-hydrogen) atoms. The Morgan fingerprint density at radius 3 is 2.73 bits per heavy atom. The summed E-state index contributed by atoms with van der Waals surface area (Å²) >= 11 is 2.90. The monoisotopic (exact) mass is 270 g/mol. The number of hydrogen-bond donors (Lipinski definition) is 1. The van der Waals surface area contributed by atoms with Crippen molar-refractivity contribution in [2.75, 3.05) is 5.32 Å². The van der Waals surface area contributed by atoms with E-state index in [-0.39, 0.29) is 10.2 Å². The van der Waals surface area contributed by atoms with E-state index in [0.29, 0.717) is 5.69 Å². The molecule has 0 bridgehead atoms. The molecular formula is C9H7BrN2O3. The molecule has 0 saturated heterocycles. The van der Waals surface area contributed by atoms with Gasteiger partial charge in [0.1, 0.15) is 0 Å². The molecule has 0 fully saturated rings. The summed E-state index contributed by atoms with van der Waals surface area (Å²) in [7, 11) is 0. The molecule has 1 aromatic rings. The Morgan fingerprint density at radius 1 is 1.53 bits per heavy atom. The van der Waals surface area contributed by atoms with E-state index in [2.05, 4.69) is 27.8 Å². The normalized spacial score (nSPS) is 9.40. The molecule has 0 aromatic heterocycles. The fourth-order valence-corrected chi connectivity index (χ4v) is 0.995. The third-order valence-electron chi connectivity index (χ3n) is 1.56. The van der Waals surface area contributed by atoms with Crippen molar-refractivity contribution in [3.8, 4) is 0 Å². The average Bonchev–Trinajstić information content (AvgIpc) is 2.18. The van der Waals surface area contributed by atoms with Crippen LogP contribution in [-0.2, 0) is 4.79 Å². The van der Waals surface area contributed by atoms with E-state index in [0.717, 1.165) is 0 Å². The summed E-state index contributed by atoms with van der Waals surface area (Å²) in [6.07, 6.45) is 0. The van der Waals surface area contributed by atoms with Gasteiger partial charge in [-0.25, -0.2) is 0 Å². The van der Waals surface area contributed by atoms with Gasteiger partial charge >= 0.3 is 0 Å². The van der Waals surface area contributed by atoms with Crippen LogP contribution in [-0.4, -0.2) is 10.8 Å². The van der Waals surface area contributed by atoms with Crippen LogP contribution < -0.4 is 5.32 Å². The van der Waals surface area contributed by atoms with Gasteiger partial charge in [0.15, 0.2) is 0 Å². The molecule has 0 aliphatic rings. The molecule has 0 aliphatic heterocycles. The van der Waals surface area contributed by atoms with Crippen LogP contribution >= 0.6 is 15.9 Å². The van der Waals surface area contributed by atoms with Crippen molar-refractivity contribution < 1.29 is 9.72 Å². The minimum atomic E-state index is -0.529. The number of nitro groups is 1. The highest BCUT2D eigenvalue weighted by Crippen LogP contribution is 2.17. The van der Waals surface area contributed by atoms with E-state index in [4.69, 9.17) is 0 Å². The second-order valence-electron chi connectivity index (χ2n) is 2.67. The lowest BCUT2D eigenvalue weighted by atomic mass is 10.3. The molecular weight excluding hydrogens is 264 g/mol. The summed E-state index contributed by atoms with van der Waals surface area (Å²) in [5.74, 6) is -0.435. The van der Waals surface area contributed by atoms with Crippen LogP contribution in [0, 0.1) is 10.1 Å². The van der Waals surface area contributed by atoms with Gasteiger partial charge in [-0.15, -0.1) is 0 Å². The van der Waals surface area contributed by atoms with Crippen LogP contribution in [0.15, 0.2) is 35.3 Å². The highest BCUT2D eigenvalue weighted by molar-refractivity contribution is 9.12. The molecule has 0 heterocycles. The lowest BCUT2D eigenvalue weighted by Gasteiger charge is -2.02. The Balaban J connectivity index is 2.87. The summed E-state index contributed by atoms with van der Waals surface area (Å²) in [6, 6.07) is 5.66. The molecule has 0 unspecified atom stereocenters. The second kappa shape index (κ2) is 4.70. The largest absolute Gasteiger partial charge is 0.321 e. The van der Waals surface area contributed by atoms with Gasteiger partial charge in [0, 0.05) is 17.8 Å². The van der Waals surface area contributed by atoms with E-state index in [9.17, 15) is 14.9 Å². The first-order valence-electron chi connectivity index (χ1n) is 3.91. The maximum atomic E-state index is 11.2. The zero-order chi connectivity index (χ0) is 11.4. The Bertz CT molecular complexity index is 431. The number of nitro benzene ring substituents is 1. The molecule has 0 spiro atoms. The predicted molar refractivity (Wildman–Crippen MR) is 59.8 cm³/mol. The molecule has 0 aliphatic carbocycles. The highest BCUT2D eigenvalue weighted by Gasteiger charge is 2.08. The van der Waals surface area contributed by atoms with E-state index >= 15 is 0 Å². The molecule has 0 radical (unpaired) electrons. The minimum Gasteiger partial charge on any atom is -0.321 e. The van der Waals surface area contributed by atoms with Crippen molar-refractivity contribution in [2.45, 2.75) is 0 Å². The average molecular weight is 271 g/mol. The topological polar surface area (TPSA) is 72.2 Å². The lowest BCUT2D eigenvalue weighted by molar-refractivity contribution is -0.384. The van der Waals surface area contributed by atoms with Crippen molar-refractivity contribution >= 4 is 33.2 Å². The van der Waals surface area contributed by atoms with Crippen LogP contribution in [0.3, 0.4) is 0 Å². The number of anilines is 1. The number of non-ortho nitro benzene ring substituents is 1. The van der Waals surface area contributed by atoms with Crippen LogP contribution in [0.25, 0.3) is 0 Å². The van der Waals surface area contributed by atoms with Gasteiger partial charge in [0.05, 0.1) is 9.41 Å². The standard InChI is InChI=1S/C9H7BrN2O3/c1-6(10)9(13)11-7-3-2-4-8(5-7)12(14)15/h2-5H,1H2,(H,11,13). The second-order valence-corrected chi connectivity index (χ2v) is 3.62. The number of halogens is 1. The van der Waals surface area contributed by atoms with Crippen molar-refractivity contribution in [2.24, 2.45) is 0 Å². The zero-order valence-electron chi connectivity index (χ0n) is 7.57. The first kappa shape index (κ1) is 11.4. The quantitative estimate of drug-likeness (QED) is 0.521. The lowest BCUT2D eigenvalue weighted by Crippen LogP contribution is -2.10. The smallest absolute Gasteiger partial charge is 0.271 e. The van der Waals surface area contributed by atoms with Crippen LogP contribution in [0.1, 0.15) is 0 Å². The van der Waals surface area contributed by atoms with Crippen LogP contribution in [0.5, 0.6) is 0 Å². The van der Waals surface area contributed by atoms with Gasteiger partial charge in [0.25, 0.3) is 11.6 Å². The number of nitrogens with one attached hydrogen (secondary N) is 1. The van der Waals surface area contributed by atoms with E-state index < -0.39 is 10.8 Å². The third kappa shape index (κ3) is 3.17. The maximum Gasteiger partial charge on any atom is 0.271 e. The fourth-order valence-electron chi connectivity index (χ4n) is 0.896. The molecule has 1 amide bonds. The number of carbonyl (C=O) groups excluding carboxylic acids is 1. The number of benzene rings is 1. The zero-order valence-corrected chi connectivity index (χ0v) is 9.15. The Labute approximate surface area is 94.1 Å². The molecule has 5 nitrogen and oxygen atoms in total. The summed E-state index contributed by atoms with van der Waals surface area (Å²) < 4.78 is 0.161. The van der Waals surface area contributed by atoms with Crippen molar-refractivity contribution in [1.29, 1.82) is 0 Å². The number of carbonyl (C=O) groups is 1. The molecule has 78 valence electrons. The van der Waals surface area contributed by atoms with E-state index in [1.807, 2.05) is 0 Å². The summed E-state index contributed by atoms with van der Waals surface area (Å²) in [5.41, 5.74) is 0.280. The van der Waals surface area contributed by atoms with Gasteiger partial charge in [0.2, 0.25) is 0 Å². The minimum absolute atomic E-state index is 0.0759. The first-order chi connectivity index (χ1) is 7.00. The van der Waals surface area contributed by atoms with Crippen molar-refractivity contribution in [3.63, 3.8) is 0 Å². The molecule has 1 rings (SSSR count). The van der Waals surface area contributed by atoms with Gasteiger partial charge in [-0.2, -0.15) is 0 Å². The van der Waals surface area contributed by atoms with Gasteiger partial charge in [-0.05, 0) is 22.0 Å². The summed E-state index contributed by atoms with van der Waals surface area (Å²) in [4.78, 5) is 21.1. The van der Waals surface area contributed by atoms with Gasteiger partial charge in [-0.1, -0.05) is 12.6 Å². The molecule has 6 heteroatoms. The summed E-state index contributed by atoms with van der Waals surface area (Å²) in [6.45, 7) is 3.38. The van der Waals surface area contributed by atoms with Crippen LogP contribution in [0.4, 0.5) is 11.4 Å². The number of rotatable bonds is 3. The number of nitrogens with zero attached hydrogens (tertiary/aromatic N) is 1. The predicted octanol–water partition coefficient (Wildman–Crippen LogP) is 2.44. The Morgan fingerprint density at radius 2 is 2.20 bits per heavy atom. The molecule has 1 aromatic carbocycles. The first-order valence-corrected chi connectivity index (χ1v) is 4.70. The Kier molecular flexibility index (Phi) is 3.56. The highest BCUT2D eigenvalue weighted by atomic mass is 79.9. The summed E-state index contributed by atoms with van der Waals surface area (Å²) in [5, 5.41) is 12.9. The van der Waals surface area contributed by atoms with Crippen molar-refractivity contribution in [3.05, 3.63) is 45.4 Å². The van der Waals surface area contributed by atoms with E-state index in [1.165, 1.54) is 18.2 Å². The maximum absolute atomic E-state index is 11.2. The van der Waals surface area contributed by atoms with Crippen LogP contribution in [0.2, 0.25) is 0 Å². The van der Waals surface area contributed by atoms with Gasteiger partial charge in [-0.3, -0.25) is 14.9 Å². The molecule has 0 atom stereocenters. The van der Waals surface area contributed by atoms with E-state index in [1.54, 1.807) is 6.07 Å². The third-order valence-corrected chi connectivity index (χ3v) is 1.92. The number of amides is 1. The van der Waals surface area contributed by atoms with Crippen molar-refractivity contribution in [1.82, 2.24) is 0 Å². The molecule has 0 saturated carbocycles. The SMILES string of the molecule is C=C(Br)C(=O)Nc1cccc([N+](=O)[O-])c1. The number of hydrogen-bond acceptors (Lipinski definition) is 3. The Hall–Kier alpha value is -1.69. The fraction of sp³-hybridized carbons (Fsp3) is 0.